The Balaban J connectivity index is 1.89. The van der Waals surface area contributed by atoms with Gasteiger partial charge in [0.2, 0.25) is 0 Å². The molecule has 0 aliphatic rings. The van der Waals surface area contributed by atoms with Crippen LogP contribution in [0.25, 0.3) is 0 Å². The van der Waals surface area contributed by atoms with Crippen LogP contribution in [0.4, 0.5) is 0 Å². The molecular weight excluding hydrogens is 324 g/mol. The summed E-state index contributed by atoms with van der Waals surface area (Å²) in [6.07, 6.45) is 0.885. The van der Waals surface area contributed by atoms with E-state index >= 15 is 0 Å². The van der Waals surface area contributed by atoms with E-state index in [1.807, 2.05) is 24.3 Å². The molecule has 100 valence electrons. The smallest absolute Gasteiger partial charge is 0.261 e. The van der Waals surface area contributed by atoms with E-state index in [-0.39, 0.29) is 5.91 Å². The van der Waals surface area contributed by atoms with Crippen molar-refractivity contribution < 1.29 is 4.79 Å². The van der Waals surface area contributed by atoms with Crippen molar-refractivity contribution in [2.24, 2.45) is 5.73 Å². The van der Waals surface area contributed by atoms with Crippen LogP contribution in [0.3, 0.4) is 0 Å². The van der Waals surface area contributed by atoms with Crippen molar-refractivity contribution in [3.05, 3.63) is 56.2 Å². The fraction of sp³-hybridized carbons (Fsp3) is 0.214. The summed E-state index contributed by atoms with van der Waals surface area (Å²) in [6, 6.07) is 11.8. The van der Waals surface area contributed by atoms with Crippen molar-refractivity contribution in [3.63, 3.8) is 0 Å². The number of nitrogens with one attached hydrogen (secondary N) is 1. The largest absolute Gasteiger partial charge is 0.347 e. The molecule has 1 amide bonds. The summed E-state index contributed by atoms with van der Waals surface area (Å²) >= 11 is 4.78. The first kappa shape index (κ1) is 14.2. The molecular formula is C14H15BrN2OS. The van der Waals surface area contributed by atoms with E-state index in [0.29, 0.717) is 18.0 Å². The van der Waals surface area contributed by atoms with Crippen LogP contribution < -0.4 is 11.1 Å². The number of hydrogen-bond donors (Lipinski definition) is 2. The van der Waals surface area contributed by atoms with Gasteiger partial charge in [0, 0.05) is 6.54 Å². The summed E-state index contributed by atoms with van der Waals surface area (Å²) in [4.78, 5) is 12.6. The van der Waals surface area contributed by atoms with Gasteiger partial charge in [0.05, 0.1) is 8.66 Å². The summed E-state index contributed by atoms with van der Waals surface area (Å²) in [6.45, 7) is 1.20. The Morgan fingerprint density at radius 1 is 1.16 bits per heavy atom. The van der Waals surface area contributed by atoms with Crippen LogP contribution in [0.15, 0.2) is 40.2 Å². The maximum absolute atomic E-state index is 11.9. The number of carbonyl (C=O) groups is 1. The van der Waals surface area contributed by atoms with E-state index in [9.17, 15) is 4.79 Å². The van der Waals surface area contributed by atoms with Gasteiger partial charge in [-0.1, -0.05) is 24.3 Å². The molecule has 1 heterocycles. The van der Waals surface area contributed by atoms with Gasteiger partial charge in [-0.25, -0.2) is 0 Å². The van der Waals surface area contributed by atoms with Crippen molar-refractivity contribution in [3.8, 4) is 0 Å². The third kappa shape index (κ3) is 4.16. The van der Waals surface area contributed by atoms with Crippen LogP contribution in [0.2, 0.25) is 0 Å². The highest BCUT2D eigenvalue weighted by molar-refractivity contribution is 9.11. The second-order valence-corrected chi connectivity index (χ2v) is 6.60. The number of nitrogens with two attached hydrogens (primary N) is 1. The lowest BCUT2D eigenvalue weighted by atomic mass is 10.1. The molecule has 0 aliphatic heterocycles. The van der Waals surface area contributed by atoms with Crippen LogP contribution in [-0.4, -0.2) is 12.5 Å². The lowest BCUT2D eigenvalue weighted by Gasteiger charge is -2.05. The van der Waals surface area contributed by atoms with Gasteiger partial charge in [0.25, 0.3) is 5.91 Å². The highest BCUT2D eigenvalue weighted by Gasteiger charge is 2.07. The molecule has 3 nitrogen and oxygen atoms in total. The second-order valence-electron chi connectivity index (χ2n) is 4.14. The van der Waals surface area contributed by atoms with E-state index in [2.05, 4.69) is 33.4 Å². The Kier molecular flexibility index (Phi) is 5.13. The lowest BCUT2D eigenvalue weighted by molar-refractivity contribution is 0.0955. The number of amides is 1. The van der Waals surface area contributed by atoms with Crippen LogP contribution in [-0.2, 0) is 13.0 Å². The van der Waals surface area contributed by atoms with E-state index in [1.165, 1.54) is 16.9 Å². The maximum atomic E-state index is 11.9. The zero-order valence-corrected chi connectivity index (χ0v) is 12.8. The van der Waals surface area contributed by atoms with Crippen molar-refractivity contribution in [2.45, 2.75) is 13.0 Å². The minimum Gasteiger partial charge on any atom is -0.347 e. The predicted octanol–water partition coefficient (Wildman–Crippen LogP) is 2.94. The minimum absolute atomic E-state index is 0.0401. The number of halogens is 1. The van der Waals surface area contributed by atoms with Gasteiger partial charge >= 0.3 is 0 Å². The number of rotatable bonds is 5. The molecule has 3 N–H and O–H groups in total. The van der Waals surface area contributed by atoms with Gasteiger partial charge in [-0.15, -0.1) is 11.3 Å². The third-order valence-electron chi connectivity index (χ3n) is 2.71. The van der Waals surface area contributed by atoms with Gasteiger partial charge in [0.1, 0.15) is 0 Å². The first-order valence-corrected chi connectivity index (χ1v) is 7.61. The van der Waals surface area contributed by atoms with Crippen molar-refractivity contribution in [1.29, 1.82) is 0 Å². The Bertz CT molecular complexity index is 551. The maximum Gasteiger partial charge on any atom is 0.261 e. The zero-order chi connectivity index (χ0) is 13.7. The molecule has 0 fully saturated rings. The summed E-state index contributed by atoms with van der Waals surface area (Å²) < 4.78 is 0.962. The van der Waals surface area contributed by atoms with Crippen LogP contribution >= 0.6 is 27.3 Å². The molecule has 5 heteroatoms. The van der Waals surface area contributed by atoms with Gasteiger partial charge in [-0.2, -0.15) is 0 Å². The van der Waals surface area contributed by atoms with Crippen LogP contribution in [0.5, 0.6) is 0 Å². The van der Waals surface area contributed by atoms with Crippen molar-refractivity contribution in [1.82, 2.24) is 5.32 Å². The Morgan fingerprint density at radius 3 is 2.42 bits per heavy atom. The third-order valence-corrected chi connectivity index (χ3v) is 4.33. The van der Waals surface area contributed by atoms with Crippen molar-refractivity contribution >= 4 is 33.2 Å². The van der Waals surface area contributed by atoms with E-state index < -0.39 is 0 Å². The number of thiophene rings is 1. The van der Waals surface area contributed by atoms with Gasteiger partial charge in [-0.3, -0.25) is 4.79 Å². The van der Waals surface area contributed by atoms with Crippen LogP contribution in [0.1, 0.15) is 20.8 Å². The summed E-state index contributed by atoms with van der Waals surface area (Å²) in [7, 11) is 0. The first-order valence-electron chi connectivity index (χ1n) is 6.00. The highest BCUT2D eigenvalue weighted by atomic mass is 79.9. The quantitative estimate of drug-likeness (QED) is 0.880. The summed E-state index contributed by atoms with van der Waals surface area (Å²) in [5.74, 6) is -0.0401. The van der Waals surface area contributed by atoms with E-state index in [0.717, 1.165) is 15.8 Å². The molecule has 2 rings (SSSR count). The Hall–Kier alpha value is -1.17. The highest BCUT2D eigenvalue weighted by Crippen LogP contribution is 2.21. The Morgan fingerprint density at radius 2 is 1.84 bits per heavy atom. The molecule has 0 spiro atoms. The normalized spacial score (nSPS) is 10.4. The van der Waals surface area contributed by atoms with Crippen LogP contribution in [0, 0.1) is 0 Å². The summed E-state index contributed by atoms with van der Waals surface area (Å²) in [5, 5.41) is 2.91. The number of hydrogen-bond acceptors (Lipinski definition) is 3. The minimum atomic E-state index is -0.0401. The second kappa shape index (κ2) is 6.84. The monoisotopic (exact) mass is 338 g/mol. The molecule has 0 saturated carbocycles. The van der Waals surface area contributed by atoms with Gasteiger partial charge < -0.3 is 11.1 Å². The number of benzene rings is 1. The van der Waals surface area contributed by atoms with Gasteiger partial charge in [-0.05, 0) is 52.2 Å². The Labute approximate surface area is 125 Å². The molecule has 1 aromatic heterocycles. The lowest BCUT2D eigenvalue weighted by Crippen LogP contribution is -2.21. The summed E-state index contributed by atoms with van der Waals surface area (Å²) in [5.41, 5.74) is 7.81. The van der Waals surface area contributed by atoms with E-state index in [4.69, 9.17) is 5.73 Å². The molecule has 0 aliphatic carbocycles. The average molecular weight is 339 g/mol. The number of carbonyl (C=O) groups excluding carboxylic acids is 1. The molecule has 2 aromatic rings. The van der Waals surface area contributed by atoms with E-state index in [1.54, 1.807) is 0 Å². The molecule has 0 bridgehead atoms. The molecule has 1 aromatic carbocycles. The molecule has 0 atom stereocenters. The van der Waals surface area contributed by atoms with Crippen molar-refractivity contribution in [2.75, 3.05) is 6.54 Å². The fourth-order valence-corrected chi connectivity index (χ4v) is 3.00. The molecule has 0 saturated heterocycles. The van der Waals surface area contributed by atoms with Gasteiger partial charge in [0.15, 0.2) is 0 Å². The topological polar surface area (TPSA) is 55.1 Å². The molecule has 0 radical (unpaired) electrons. The fourth-order valence-electron chi connectivity index (χ4n) is 1.70. The molecule has 0 unspecified atom stereocenters. The predicted molar refractivity (Wildman–Crippen MR) is 82.4 cm³/mol. The SMILES string of the molecule is NCCc1ccc(CNC(=O)c2ccc(Br)s2)cc1. The first-order chi connectivity index (χ1) is 9.19. The zero-order valence-electron chi connectivity index (χ0n) is 10.4. The average Bonchev–Trinajstić information content (AvgIpc) is 2.85. The molecule has 19 heavy (non-hydrogen) atoms. The standard InChI is InChI=1S/C14H15BrN2OS/c15-13-6-5-12(19-13)14(18)17-9-11-3-1-10(2-4-11)7-8-16/h1-6H,7-9,16H2,(H,17,18).